The maximum atomic E-state index is 12.1. The Hall–Kier alpha value is -2.99. The summed E-state index contributed by atoms with van der Waals surface area (Å²) in [6, 6.07) is 15.4. The lowest BCUT2D eigenvalue weighted by atomic mass is 9.83. The summed E-state index contributed by atoms with van der Waals surface area (Å²) in [6.45, 7) is 0. The van der Waals surface area contributed by atoms with Crippen LogP contribution in [0.2, 0.25) is 0 Å². The summed E-state index contributed by atoms with van der Waals surface area (Å²) in [5.74, 6) is 0.435. The monoisotopic (exact) mass is 391 g/mol. The molecule has 6 rings (SSSR count). The predicted octanol–water partition coefficient (Wildman–Crippen LogP) is 3.92. The highest BCUT2D eigenvalue weighted by atomic mass is 16.8. The summed E-state index contributed by atoms with van der Waals surface area (Å²) in [6.07, 6.45) is 4.97. The SMILES string of the molecule is O=C(O)N1[C@@H]2CC[C@H]1C1(Oc3ccc4c(c3)OC=CC4)O[C@H]1C2c1ccccc1. The first-order chi connectivity index (χ1) is 14.2. The van der Waals surface area contributed by atoms with Crippen LogP contribution in [0, 0.1) is 0 Å². The lowest BCUT2D eigenvalue weighted by Crippen LogP contribution is -2.57. The molecule has 4 aliphatic rings. The first kappa shape index (κ1) is 16.9. The molecule has 4 aliphatic heterocycles. The quantitative estimate of drug-likeness (QED) is 0.803. The number of rotatable bonds is 3. The number of piperidine rings is 1. The maximum Gasteiger partial charge on any atom is 0.408 e. The number of nitrogens with zero attached hydrogens (tertiary/aromatic N) is 1. The highest BCUT2D eigenvalue weighted by Crippen LogP contribution is 2.60. The molecular formula is C23H21NO5. The molecule has 0 saturated carbocycles. The second-order valence-corrected chi connectivity index (χ2v) is 8.11. The van der Waals surface area contributed by atoms with E-state index in [4.69, 9.17) is 14.2 Å². The summed E-state index contributed by atoms with van der Waals surface area (Å²) in [5.41, 5.74) is 2.20. The molecule has 2 aromatic rings. The molecule has 1 N–H and O–H groups in total. The van der Waals surface area contributed by atoms with Crippen LogP contribution in [0.1, 0.15) is 29.9 Å². The first-order valence-electron chi connectivity index (χ1n) is 10.0. The third kappa shape index (κ3) is 2.42. The molecule has 5 atom stereocenters. The second-order valence-electron chi connectivity index (χ2n) is 8.11. The van der Waals surface area contributed by atoms with Crippen LogP contribution >= 0.6 is 0 Å². The minimum atomic E-state index is -0.940. The molecule has 148 valence electrons. The van der Waals surface area contributed by atoms with Crippen molar-refractivity contribution in [1.29, 1.82) is 0 Å². The van der Waals surface area contributed by atoms with Gasteiger partial charge in [-0.05, 0) is 42.5 Å². The number of epoxide rings is 1. The number of carbonyl (C=O) groups is 1. The fraction of sp³-hybridized carbons (Fsp3) is 0.348. The van der Waals surface area contributed by atoms with Gasteiger partial charge in [-0.2, -0.15) is 0 Å². The summed E-state index contributed by atoms with van der Waals surface area (Å²) < 4.78 is 18.2. The van der Waals surface area contributed by atoms with Crippen LogP contribution in [0.3, 0.4) is 0 Å². The van der Waals surface area contributed by atoms with Crippen LogP contribution in [0.15, 0.2) is 60.9 Å². The minimum Gasteiger partial charge on any atom is -0.465 e. The van der Waals surface area contributed by atoms with Crippen LogP contribution in [0.5, 0.6) is 11.5 Å². The van der Waals surface area contributed by atoms with E-state index in [9.17, 15) is 9.90 Å². The summed E-state index contributed by atoms with van der Waals surface area (Å²) in [7, 11) is 0. The van der Waals surface area contributed by atoms with Gasteiger partial charge < -0.3 is 19.3 Å². The lowest BCUT2D eigenvalue weighted by molar-refractivity contribution is -0.0209. The van der Waals surface area contributed by atoms with Crippen molar-refractivity contribution in [3.8, 4) is 11.5 Å². The standard InChI is InChI=1S/C23H21NO5/c25-22(26)24-17-10-11-19(24)23(21(29-23)20(17)15-5-2-1-3-6-15)28-16-9-8-14-7-4-12-27-18(14)13-16/h1-6,8-9,12-13,17,19-21H,7,10-11H2,(H,25,26)/t17-,19+,20?,21+,23?/m1/s1. The van der Waals surface area contributed by atoms with E-state index in [1.165, 1.54) is 0 Å². The van der Waals surface area contributed by atoms with Gasteiger partial charge in [-0.3, -0.25) is 4.90 Å². The van der Waals surface area contributed by atoms with Gasteiger partial charge >= 0.3 is 6.09 Å². The van der Waals surface area contributed by atoms with E-state index >= 15 is 0 Å². The lowest BCUT2D eigenvalue weighted by Gasteiger charge is -2.39. The molecule has 1 amide bonds. The molecule has 3 fully saturated rings. The van der Waals surface area contributed by atoms with E-state index in [1.807, 2.05) is 42.5 Å². The van der Waals surface area contributed by atoms with Crippen LogP contribution in [0.25, 0.3) is 0 Å². The fourth-order valence-electron chi connectivity index (χ4n) is 5.40. The molecular weight excluding hydrogens is 370 g/mol. The zero-order valence-electron chi connectivity index (χ0n) is 15.7. The Balaban J connectivity index is 1.38. The van der Waals surface area contributed by atoms with Crippen molar-refractivity contribution in [2.45, 2.75) is 49.2 Å². The second kappa shape index (κ2) is 6.00. The van der Waals surface area contributed by atoms with Crippen molar-refractivity contribution in [3.05, 3.63) is 72.0 Å². The molecule has 6 nitrogen and oxygen atoms in total. The van der Waals surface area contributed by atoms with Gasteiger partial charge in [0.05, 0.1) is 6.26 Å². The molecule has 2 unspecified atom stereocenters. The average molecular weight is 391 g/mol. The number of allylic oxidation sites excluding steroid dienone is 1. The van der Waals surface area contributed by atoms with Gasteiger partial charge in [0.15, 0.2) is 0 Å². The van der Waals surface area contributed by atoms with Crippen LogP contribution in [-0.2, 0) is 11.2 Å². The Kier molecular flexibility index (Phi) is 3.50. The highest BCUT2D eigenvalue weighted by molar-refractivity contribution is 5.68. The maximum absolute atomic E-state index is 12.1. The van der Waals surface area contributed by atoms with Crippen molar-refractivity contribution >= 4 is 6.09 Å². The molecule has 6 heteroatoms. The number of fused-ring (bicyclic) bond motifs is 5. The van der Waals surface area contributed by atoms with Crippen molar-refractivity contribution in [1.82, 2.24) is 4.90 Å². The smallest absolute Gasteiger partial charge is 0.408 e. The molecule has 3 saturated heterocycles. The Morgan fingerprint density at radius 2 is 2.03 bits per heavy atom. The van der Waals surface area contributed by atoms with E-state index in [0.29, 0.717) is 5.75 Å². The first-order valence-corrected chi connectivity index (χ1v) is 10.0. The van der Waals surface area contributed by atoms with E-state index in [2.05, 4.69) is 12.1 Å². The predicted molar refractivity (Wildman–Crippen MR) is 104 cm³/mol. The number of benzene rings is 2. The highest BCUT2D eigenvalue weighted by Gasteiger charge is 2.76. The van der Waals surface area contributed by atoms with Gasteiger partial charge in [0.1, 0.15) is 23.6 Å². The number of hydrogen-bond acceptors (Lipinski definition) is 4. The van der Waals surface area contributed by atoms with Gasteiger partial charge in [0.2, 0.25) is 0 Å². The minimum absolute atomic E-state index is 0.0390. The zero-order chi connectivity index (χ0) is 19.6. The molecule has 0 spiro atoms. The number of ether oxygens (including phenoxy) is 3. The Bertz CT molecular complexity index is 1010. The van der Waals surface area contributed by atoms with Gasteiger partial charge in [0, 0.05) is 18.0 Å². The third-order valence-corrected chi connectivity index (χ3v) is 6.63. The number of carboxylic acid groups (broad SMARTS) is 1. The van der Waals surface area contributed by atoms with E-state index in [-0.39, 0.29) is 24.1 Å². The van der Waals surface area contributed by atoms with Crippen LogP contribution < -0.4 is 9.47 Å². The zero-order valence-corrected chi connectivity index (χ0v) is 15.7. The Morgan fingerprint density at radius 1 is 1.17 bits per heavy atom. The molecule has 0 radical (unpaired) electrons. The summed E-state index contributed by atoms with van der Waals surface area (Å²) >= 11 is 0. The van der Waals surface area contributed by atoms with E-state index < -0.39 is 11.9 Å². The van der Waals surface area contributed by atoms with Crippen LogP contribution in [0.4, 0.5) is 4.79 Å². The van der Waals surface area contributed by atoms with Gasteiger partial charge in [-0.1, -0.05) is 36.4 Å². The average Bonchev–Trinajstić information content (AvgIpc) is 3.31. The van der Waals surface area contributed by atoms with Crippen molar-refractivity contribution < 1.29 is 24.1 Å². The van der Waals surface area contributed by atoms with Gasteiger partial charge in [-0.15, -0.1) is 0 Å². The summed E-state index contributed by atoms with van der Waals surface area (Å²) in [5, 5.41) is 9.95. The topological polar surface area (TPSA) is 71.5 Å². The van der Waals surface area contributed by atoms with E-state index in [1.54, 1.807) is 11.2 Å². The van der Waals surface area contributed by atoms with Crippen molar-refractivity contribution in [2.75, 3.05) is 0 Å². The fourth-order valence-corrected chi connectivity index (χ4v) is 5.40. The summed E-state index contributed by atoms with van der Waals surface area (Å²) in [4.78, 5) is 13.7. The third-order valence-electron chi connectivity index (χ3n) is 6.63. The molecule has 2 aromatic carbocycles. The molecule has 2 bridgehead atoms. The normalized spacial score (nSPS) is 33.4. The van der Waals surface area contributed by atoms with Gasteiger partial charge in [-0.25, -0.2) is 4.79 Å². The van der Waals surface area contributed by atoms with Crippen molar-refractivity contribution in [3.63, 3.8) is 0 Å². The largest absolute Gasteiger partial charge is 0.465 e. The Morgan fingerprint density at radius 3 is 2.86 bits per heavy atom. The molecule has 4 heterocycles. The molecule has 0 aliphatic carbocycles. The molecule has 0 aromatic heterocycles. The number of hydrogen-bond donors (Lipinski definition) is 1. The van der Waals surface area contributed by atoms with Gasteiger partial charge in [0.25, 0.3) is 5.79 Å². The van der Waals surface area contributed by atoms with Crippen LogP contribution in [-0.4, -0.2) is 40.1 Å². The Labute approximate surface area is 168 Å². The van der Waals surface area contributed by atoms with Crippen molar-refractivity contribution in [2.24, 2.45) is 0 Å². The van der Waals surface area contributed by atoms with E-state index in [0.717, 1.165) is 36.1 Å². The number of amides is 1. The molecule has 29 heavy (non-hydrogen) atoms.